The molecule has 1 aromatic rings. The maximum Gasteiger partial charge on any atom is 0.411 e. The van der Waals surface area contributed by atoms with Crippen LogP contribution >= 0.6 is 0 Å². The van der Waals surface area contributed by atoms with Gasteiger partial charge in [-0.05, 0) is 30.9 Å². The largest absolute Gasteiger partial charge is 0.497 e. The SMILES string of the molecule is COc1cccc(NC(=O)OCC2CC2)c1. The maximum atomic E-state index is 11.4. The predicted molar refractivity (Wildman–Crippen MR) is 60.7 cm³/mol. The fourth-order valence-electron chi connectivity index (χ4n) is 1.33. The van der Waals surface area contributed by atoms with E-state index in [0.29, 0.717) is 24.0 Å². The Morgan fingerprint density at radius 1 is 1.50 bits per heavy atom. The fourth-order valence-corrected chi connectivity index (χ4v) is 1.33. The van der Waals surface area contributed by atoms with Crippen LogP contribution in [-0.4, -0.2) is 19.8 Å². The number of hydrogen-bond acceptors (Lipinski definition) is 3. The molecular formula is C12H15NO3. The second kappa shape index (κ2) is 4.88. The summed E-state index contributed by atoms with van der Waals surface area (Å²) < 4.78 is 10.1. The summed E-state index contributed by atoms with van der Waals surface area (Å²) in [5.41, 5.74) is 0.681. The molecule has 1 fully saturated rings. The van der Waals surface area contributed by atoms with E-state index >= 15 is 0 Å². The third-order valence-electron chi connectivity index (χ3n) is 2.46. The Labute approximate surface area is 94.6 Å². The zero-order valence-electron chi connectivity index (χ0n) is 9.23. The van der Waals surface area contributed by atoms with Crippen LogP contribution in [0.3, 0.4) is 0 Å². The summed E-state index contributed by atoms with van der Waals surface area (Å²) in [5.74, 6) is 1.29. The van der Waals surface area contributed by atoms with Crippen LogP contribution in [0, 0.1) is 5.92 Å². The third kappa shape index (κ3) is 3.15. The number of hydrogen-bond donors (Lipinski definition) is 1. The minimum absolute atomic E-state index is 0.403. The minimum Gasteiger partial charge on any atom is -0.497 e. The van der Waals surface area contributed by atoms with Crippen LogP contribution in [0.2, 0.25) is 0 Å². The molecule has 86 valence electrons. The van der Waals surface area contributed by atoms with Crippen molar-refractivity contribution in [3.8, 4) is 5.75 Å². The summed E-state index contributed by atoms with van der Waals surface area (Å²) in [7, 11) is 1.59. The first-order chi connectivity index (χ1) is 7.78. The van der Waals surface area contributed by atoms with Gasteiger partial charge >= 0.3 is 6.09 Å². The average molecular weight is 221 g/mol. The fraction of sp³-hybridized carbons (Fsp3) is 0.417. The molecule has 4 nitrogen and oxygen atoms in total. The zero-order chi connectivity index (χ0) is 11.4. The summed E-state index contributed by atoms with van der Waals surface area (Å²) in [6.07, 6.45) is 1.94. The van der Waals surface area contributed by atoms with Gasteiger partial charge in [0.2, 0.25) is 0 Å². The van der Waals surface area contributed by atoms with Gasteiger partial charge in [-0.3, -0.25) is 5.32 Å². The van der Waals surface area contributed by atoms with Crippen LogP contribution in [0.1, 0.15) is 12.8 Å². The van der Waals surface area contributed by atoms with Crippen molar-refractivity contribution in [3.05, 3.63) is 24.3 Å². The van der Waals surface area contributed by atoms with E-state index in [1.807, 2.05) is 12.1 Å². The summed E-state index contributed by atoms with van der Waals surface area (Å²) in [5, 5.41) is 2.66. The molecule has 4 heteroatoms. The highest BCUT2D eigenvalue weighted by Crippen LogP contribution is 2.28. The highest BCUT2D eigenvalue weighted by Gasteiger charge is 2.22. The van der Waals surface area contributed by atoms with Crippen LogP contribution in [0.5, 0.6) is 5.75 Å². The Morgan fingerprint density at radius 3 is 3.00 bits per heavy atom. The van der Waals surface area contributed by atoms with Crippen LogP contribution in [0.15, 0.2) is 24.3 Å². The van der Waals surface area contributed by atoms with Gasteiger partial charge in [-0.1, -0.05) is 6.07 Å². The molecule has 1 aliphatic rings. The second-order valence-corrected chi connectivity index (χ2v) is 3.90. The van der Waals surface area contributed by atoms with Crippen LogP contribution in [0.25, 0.3) is 0 Å². The molecule has 0 saturated heterocycles. The summed E-state index contributed by atoms with van der Waals surface area (Å²) in [6, 6.07) is 7.18. The Balaban J connectivity index is 1.83. The first-order valence-electron chi connectivity index (χ1n) is 5.36. The molecular weight excluding hydrogens is 206 g/mol. The minimum atomic E-state index is -0.403. The van der Waals surface area contributed by atoms with Crippen molar-refractivity contribution in [1.82, 2.24) is 0 Å². The van der Waals surface area contributed by atoms with Crippen molar-refractivity contribution in [1.29, 1.82) is 0 Å². The van der Waals surface area contributed by atoms with Crippen molar-refractivity contribution in [2.75, 3.05) is 19.0 Å². The van der Waals surface area contributed by atoms with E-state index in [1.54, 1.807) is 19.2 Å². The van der Waals surface area contributed by atoms with Crippen molar-refractivity contribution in [2.24, 2.45) is 5.92 Å². The molecule has 1 N–H and O–H groups in total. The molecule has 16 heavy (non-hydrogen) atoms. The first kappa shape index (κ1) is 10.8. The quantitative estimate of drug-likeness (QED) is 0.850. The van der Waals surface area contributed by atoms with E-state index in [0.717, 1.165) is 0 Å². The molecule has 1 aromatic carbocycles. The third-order valence-corrected chi connectivity index (χ3v) is 2.46. The number of carbonyl (C=O) groups is 1. The number of ether oxygens (including phenoxy) is 2. The monoisotopic (exact) mass is 221 g/mol. The topological polar surface area (TPSA) is 47.6 Å². The highest BCUT2D eigenvalue weighted by atomic mass is 16.5. The molecule has 0 heterocycles. The van der Waals surface area contributed by atoms with Gasteiger partial charge in [0.05, 0.1) is 13.7 Å². The predicted octanol–water partition coefficient (Wildman–Crippen LogP) is 2.65. The Kier molecular flexibility index (Phi) is 3.29. The maximum absolute atomic E-state index is 11.4. The number of nitrogens with one attached hydrogen (secondary N) is 1. The van der Waals surface area contributed by atoms with Crippen LogP contribution in [-0.2, 0) is 4.74 Å². The number of rotatable bonds is 4. The first-order valence-corrected chi connectivity index (χ1v) is 5.36. The second-order valence-electron chi connectivity index (χ2n) is 3.90. The average Bonchev–Trinajstić information content (AvgIpc) is 3.10. The van der Waals surface area contributed by atoms with E-state index in [-0.39, 0.29) is 0 Å². The number of carbonyl (C=O) groups excluding carboxylic acids is 1. The summed E-state index contributed by atoms with van der Waals surface area (Å²) in [6.45, 7) is 0.524. The molecule has 1 amide bonds. The normalized spacial score (nSPS) is 14.3. The van der Waals surface area contributed by atoms with Gasteiger partial charge in [0, 0.05) is 11.8 Å². The van der Waals surface area contributed by atoms with Gasteiger partial charge in [-0.15, -0.1) is 0 Å². The summed E-state index contributed by atoms with van der Waals surface area (Å²) in [4.78, 5) is 11.4. The van der Waals surface area contributed by atoms with Crippen LogP contribution < -0.4 is 10.1 Å². The van der Waals surface area contributed by atoms with Gasteiger partial charge in [-0.2, -0.15) is 0 Å². The van der Waals surface area contributed by atoms with E-state index in [4.69, 9.17) is 9.47 Å². The van der Waals surface area contributed by atoms with Gasteiger partial charge in [0.25, 0.3) is 0 Å². The van der Waals surface area contributed by atoms with E-state index < -0.39 is 6.09 Å². The van der Waals surface area contributed by atoms with Gasteiger partial charge in [0.1, 0.15) is 5.75 Å². The highest BCUT2D eigenvalue weighted by molar-refractivity contribution is 5.84. The Bertz CT molecular complexity index is 374. The van der Waals surface area contributed by atoms with Crippen molar-refractivity contribution >= 4 is 11.8 Å². The smallest absolute Gasteiger partial charge is 0.411 e. The van der Waals surface area contributed by atoms with E-state index in [2.05, 4.69) is 5.32 Å². The molecule has 2 rings (SSSR count). The molecule has 0 spiro atoms. The Morgan fingerprint density at radius 2 is 2.31 bits per heavy atom. The molecule has 0 radical (unpaired) electrons. The van der Waals surface area contributed by atoms with Crippen molar-refractivity contribution in [2.45, 2.75) is 12.8 Å². The van der Waals surface area contributed by atoms with Crippen molar-refractivity contribution in [3.63, 3.8) is 0 Å². The molecule has 1 aliphatic carbocycles. The molecule has 0 aliphatic heterocycles. The van der Waals surface area contributed by atoms with E-state index in [9.17, 15) is 4.79 Å². The molecule has 0 aromatic heterocycles. The number of amides is 1. The number of anilines is 1. The molecule has 1 saturated carbocycles. The van der Waals surface area contributed by atoms with Gasteiger partial charge in [-0.25, -0.2) is 4.79 Å². The van der Waals surface area contributed by atoms with Crippen LogP contribution in [0.4, 0.5) is 10.5 Å². The van der Waals surface area contributed by atoms with Crippen molar-refractivity contribution < 1.29 is 14.3 Å². The molecule has 0 atom stereocenters. The molecule has 0 unspecified atom stereocenters. The lowest BCUT2D eigenvalue weighted by molar-refractivity contribution is 0.156. The summed E-state index contributed by atoms with van der Waals surface area (Å²) >= 11 is 0. The number of benzene rings is 1. The van der Waals surface area contributed by atoms with E-state index in [1.165, 1.54) is 12.8 Å². The zero-order valence-corrected chi connectivity index (χ0v) is 9.23. The standard InChI is InChI=1S/C12H15NO3/c1-15-11-4-2-3-10(7-11)13-12(14)16-8-9-5-6-9/h2-4,7,9H,5-6,8H2,1H3,(H,13,14). The van der Waals surface area contributed by atoms with Gasteiger partial charge < -0.3 is 9.47 Å². The Hall–Kier alpha value is -1.71. The lowest BCUT2D eigenvalue weighted by atomic mass is 10.3. The lowest BCUT2D eigenvalue weighted by Crippen LogP contribution is -2.15. The number of methoxy groups -OCH3 is 1. The van der Waals surface area contributed by atoms with Gasteiger partial charge in [0.15, 0.2) is 0 Å². The molecule has 0 bridgehead atoms. The lowest BCUT2D eigenvalue weighted by Gasteiger charge is -2.07.